The quantitative estimate of drug-likeness (QED) is 0.453. The number of carbonyl (C=O) groups is 2. The largest absolute Gasteiger partial charge is 0.299 e. The molecule has 0 aromatic carbocycles. The molecule has 0 N–H and O–H groups in total. The first-order valence-electron chi connectivity index (χ1n) is 5.39. The molecular weight excluding hydrogens is 188 g/mol. The fourth-order valence-corrected chi connectivity index (χ4v) is 1.12. The summed E-state index contributed by atoms with van der Waals surface area (Å²) in [5, 5.41) is 0. The molecule has 0 aliphatic heterocycles. The van der Waals surface area contributed by atoms with E-state index in [2.05, 4.69) is 13.8 Å². The molecule has 2 heteroatoms. The van der Waals surface area contributed by atoms with E-state index >= 15 is 0 Å². The van der Waals surface area contributed by atoms with Gasteiger partial charge in [-0.25, -0.2) is 0 Å². The first-order chi connectivity index (χ1) is 6.70. The van der Waals surface area contributed by atoms with Gasteiger partial charge in [0.2, 0.25) is 0 Å². The second-order valence-electron chi connectivity index (χ2n) is 3.51. The average Bonchev–Trinajstić information content (AvgIpc) is 2.19. The number of Topliss-reactive ketones (excluding diaryl/α,β-unsaturated/α-hetero) is 2. The molecular formula is C13H24O2. The van der Waals surface area contributed by atoms with Crippen LogP contribution in [0.25, 0.3) is 0 Å². The van der Waals surface area contributed by atoms with E-state index < -0.39 is 0 Å². The van der Waals surface area contributed by atoms with E-state index in [1.165, 1.54) is 6.42 Å². The van der Waals surface area contributed by atoms with Crippen molar-refractivity contribution in [2.24, 2.45) is 0 Å². The zero-order valence-corrected chi connectivity index (χ0v) is 9.21. The summed E-state index contributed by atoms with van der Waals surface area (Å²) >= 11 is 0. The Balaban J connectivity index is 0. The zero-order chi connectivity index (χ0) is 10.8. The summed E-state index contributed by atoms with van der Waals surface area (Å²) in [6, 6.07) is 0. The normalized spacial score (nSPS) is 16.4. The molecule has 0 aromatic heterocycles. The van der Waals surface area contributed by atoms with E-state index in [0.29, 0.717) is 12.8 Å². The summed E-state index contributed by atoms with van der Waals surface area (Å²) in [6.07, 6.45) is 8.03. The van der Waals surface area contributed by atoms with Gasteiger partial charge in [-0.15, -0.1) is 0 Å². The minimum absolute atomic E-state index is 0. The molecule has 0 unspecified atom stereocenters. The van der Waals surface area contributed by atoms with Gasteiger partial charge >= 0.3 is 0 Å². The lowest BCUT2D eigenvalue weighted by molar-refractivity contribution is -0.126. The second-order valence-corrected chi connectivity index (χ2v) is 3.51. The molecule has 0 spiro atoms. The van der Waals surface area contributed by atoms with Crippen molar-refractivity contribution in [2.45, 2.75) is 59.8 Å². The lowest BCUT2D eigenvalue weighted by Gasteiger charge is -1.94. The smallest absolute Gasteiger partial charge is 0.140 e. The highest BCUT2D eigenvalue weighted by Gasteiger charge is 2.08. The predicted molar refractivity (Wildman–Crippen MR) is 64.9 cm³/mol. The Labute approximate surface area is 93.8 Å². The van der Waals surface area contributed by atoms with Crippen LogP contribution in [0.5, 0.6) is 0 Å². The molecule has 0 saturated carbocycles. The third-order valence-electron chi connectivity index (χ3n) is 1.74. The van der Waals surface area contributed by atoms with Crippen molar-refractivity contribution in [3.8, 4) is 0 Å². The molecule has 0 bridgehead atoms. The van der Waals surface area contributed by atoms with E-state index in [4.69, 9.17) is 0 Å². The van der Waals surface area contributed by atoms with Crippen LogP contribution < -0.4 is 0 Å². The number of carbonyl (C=O) groups excluding carboxylic acids is 2. The third kappa shape index (κ3) is 11.0. The number of ketones is 2. The topological polar surface area (TPSA) is 34.1 Å². The van der Waals surface area contributed by atoms with E-state index in [0.717, 1.165) is 12.8 Å². The summed E-state index contributed by atoms with van der Waals surface area (Å²) in [5.41, 5.74) is 0. The van der Waals surface area contributed by atoms with Gasteiger partial charge < -0.3 is 0 Å². The van der Waals surface area contributed by atoms with Crippen molar-refractivity contribution in [1.82, 2.24) is 0 Å². The molecule has 1 rings (SSSR count). The van der Waals surface area contributed by atoms with Gasteiger partial charge in [-0.1, -0.05) is 39.8 Å². The molecule has 0 saturated heterocycles. The molecule has 0 heterocycles. The van der Waals surface area contributed by atoms with Gasteiger partial charge in [-0.3, -0.25) is 9.59 Å². The van der Waals surface area contributed by atoms with E-state index in [9.17, 15) is 9.59 Å². The predicted octanol–water partition coefficient (Wildman–Crippen LogP) is 3.70. The summed E-state index contributed by atoms with van der Waals surface area (Å²) in [6.45, 7) is 4.25. The Kier molecular flexibility index (Phi) is 12.3. The van der Waals surface area contributed by atoms with Crippen LogP contribution in [0, 0.1) is 0 Å². The molecule has 88 valence electrons. The molecule has 1 aliphatic rings. The SMILES string of the molecule is C.CCC.O=C1CCC=CCCC(=O)C1. The number of hydrogen-bond acceptors (Lipinski definition) is 2. The maximum atomic E-state index is 10.9. The number of rotatable bonds is 0. The van der Waals surface area contributed by atoms with Crippen LogP contribution in [-0.4, -0.2) is 11.6 Å². The Morgan fingerprint density at radius 2 is 1.33 bits per heavy atom. The van der Waals surface area contributed by atoms with Crippen LogP contribution in [-0.2, 0) is 9.59 Å². The second kappa shape index (κ2) is 11.2. The fourth-order valence-electron chi connectivity index (χ4n) is 1.12. The van der Waals surface area contributed by atoms with Crippen molar-refractivity contribution in [2.75, 3.05) is 0 Å². The standard InChI is InChI=1S/C9H12O2.C3H8.CH4/c10-8-5-3-1-2-4-6-9(11)7-8;1-3-2;/h1-2H,3-7H2;3H2,1-2H3;1H4. The van der Waals surface area contributed by atoms with Crippen molar-refractivity contribution in [3.63, 3.8) is 0 Å². The molecule has 0 radical (unpaired) electrons. The lowest BCUT2D eigenvalue weighted by atomic mass is 10.1. The van der Waals surface area contributed by atoms with E-state index in [1.807, 2.05) is 12.2 Å². The number of allylic oxidation sites excluding steroid dienone is 2. The monoisotopic (exact) mass is 212 g/mol. The van der Waals surface area contributed by atoms with Gasteiger partial charge in [0.25, 0.3) is 0 Å². The van der Waals surface area contributed by atoms with Gasteiger partial charge in [-0.2, -0.15) is 0 Å². The molecule has 1 aliphatic carbocycles. The first kappa shape index (κ1) is 16.5. The molecule has 0 fully saturated rings. The number of hydrogen-bond donors (Lipinski definition) is 0. The molecule has 0 amide bonds. The highest BCUT2D eigenvalue weighted by atomic mass is 16.1. The maximum Gasteiger partial charge on any atom is 0.140 e. The average molecular weight is 212 g/mol. The molecule has 0 aromatic rings. The van der Waals surface area contributed by atoms with Gasteiger partial charge in [0.05, 0.1) is 6.42 Å². The zero-order valence-electron chi connectivity index (χ0n) is 9.21. The Morgan fingerprint density at radius 1 is 1.00 bits per heavy atom. The van der Waals surface area contributed by atoms with Crippen molar-refractivity contribution in [1.29, 1.82) is 0 Å². The van der Waals surface area contributed by atoms with Gasteiger partial charge in [0, 0.05) is 12.8 Å². The fraction of sp³-hybridized carbons (Fsp3) is 0.692. The third-order valence-corrected chi connectivity index (χ3v) is 1.74. The van der Waals surface area contributed by atoms with Crippen LogP contribution in [0.2, 0.25) is 0 Å². The summed E-state index contributed by atoms with van der Waals surface area (Å²) in [7, 11) is 0. The highest BCUT2D eigenvalue weighted by Crippen LogP contribution is 2.05. The van der Waals surface area contributed by atoms with Crippen LogP contribution >= 0.6 is 0 Å². The Bertz CT molecular complexity index is 185. The summed E-state index contributed by atoms with van der Waals surface area (Å²) < 4.78 is 0. The van der Waals surface area contributed by atoms with Gasteiger partial charge in [0.1, 0.15) is 11.6 Å². The van der Waals surface area contributed by atoms with Gasteiger partial charge in [-0.05, 0) is 12.8 Å². The van der Waals surface area contributed by atoms with Crippen LogP contribution in [0.4, 0.5) is 0 Å². The van der Waals surface area contributed by atoms with E-state index in [-0.39, 0.29) is 25.4 Å². The Hall–Kier alpha value is -0.920. The molecule has 0 atom stereocenters. The first-order valence-corrected chi connectivity index (χ1v) is 5.39. The van der Waals surface area contributed by atoms with Crippen LogP contribution in [0.1, 0.15) is 59.8 Å². The van der Waals surface area contributed by atoms with Crippen molar-refractivity contribution >= 4 is 11.6 Å². The van der Waals surface area contributed by atoms with E-state index in [1.54, 1.807) is 0 Å². The van der Waals surface area contributed by atoms with Crippen LogP contribution in [0.3, 0.4) is 0 Å². The van der Waals surface area contributed by atoms with Crippen molar-refractivity contribution < 1.29 is 9.59 Å². The summed E-state index contributed by atoms with van der Waals surface area (Å²) in [5.74, 6) is 0.170. The van der Waals surface area contributed by atoms with Gasteiger partial charge in [0.15, 0.2) is 0 Å². The minimum Gasteiger partial charge on any atom is -0.299 e. The van der Waals surface area contributed by atoms with Crippen molar-refractivity contribution in [3.05, 3.63) is 12.2 Å². The molecule has 2 nitrogen and oxygen atoms in total. The summed E-state index contributed by atoms with van der Waals surface area (Å²) in [4.78, 5) is 21.9. The van der Waals surface area contributed by atoms with Crippen LogP contribution in [0.15, 0.2) is 12.2 Å². The lowest BCUT2D eigenvalue weighted by Crippen LogP contribution is -2.05. The maximum absolute atomic E-state index is 10.9. The Morgan fingerprint density at radius 3 is 1.67 bits per heavy atom. The minimum atomic E-state index is 0. The molecule has 15 heavy (non-hydrogen) atoms. The highest BCUT2D eigenvalue weighted by molar-refractivity contribution is 5.99.